The van der Waals surface area contributed by atoms with Crippen LogP contribution in [0.2, 0.25) is 0 Å². The van der Waals surface area contributed by atoms with Crippen molar-refractivity contribution in [3.8, 4) is 11.3 Å². The number of hydrogen-bond donors (Lipinski definition) is 2. The van der Waals surface area contributed by atoms with Crippen molar-refractivity contribution in [3.63, 3.8) is 0 Å². The Morgan fingerprint density at radius 2 is 2.04 bits per heavy atom. The number of rotatable bonds is 3. The van der Waals surface area contributed by atoms with E-state index in [1.54, 1.807) is 4.40 Å². The van der Waals surface area contributed by atoms with Gasteiger partial charge in [-0.2, -0.15) is 0 Å². The normalized spacial score (nSPS) is 21.9. The van der Waals surface area contributed by atoms with Crippen molar-refractivity contribution in [2.75, 3.05) is 31.1 Å². The lowest BCUT2D eigenvalue weighted by molar-refractivity contribution is 0.484. The van der Waals surface area contributed by atoms with Gasteiger partial charge in [0, 0.05) is 56.1 Å². The summed E-state index contributed by atoms with van der Waals surface area (Å²) in [6.07, 6.45) is 1.84. The Hall–Kier alpha value is -2.77. The van der Waals surface area contributed by atoms with Gasteiger partial charge in [-0.25, -0.2) is 9.37 Å². The van der Waals surface area contributed by atoms with E-state index in [4.69, 9.17) is 0 Å². The van der Waals surface area contributed by atoms with Crippen LogP contribution in [0.15, 0.2) is 47.4 Å². The zero-order chi connectivity index (χ0) is 19.3. The molecule has 0 bridgehead atoms. The first kappa shape index (κ1) is 17.3. The fourth-order valence-corrected chi connectivity index (χ4v) is 3.85. The van der Waals surface area contributed by atoms with Gasteiger partial charge in [0.15, 0.2) is 0 Å². The maximum absolute atomic E-state index is 14.1. The summed E-state index contributed by atoms with van der Waals surface area (Å²) in [5.41, 5.74) is 3.41. The van der Waals surface area contributed by atoms with Gasteiger partial charge >= 0.3 is 0 Å². The lowest BCUT2D eigenvalue weighted by Crippen LogP contribution is -2.49. The van der Waals surface area contributed by atoms with E-state index in [9.17, 15) is 9.18 Å². The smallest absolute Gasteiger partial charge is 0.258 e. The third-order valence-electron chi connectivity index (χ3n) is 5.40. The van der Waals surface area contributed by atoms with Gasteiger partial charge in [-0.15, -0.1) is 0 Å². The van der Waals surface area contributed by atoms with Crippen LogP contribution in [0.4, 0.5) is 10.1 Å². The summed E-state index contributed by atoms with van der Waals surface area (Å²) in [5, 5.41) is 6.60. The molecule has 2 atom stereocenters. The van der Waals surface area contributed by atoms with Crippen molar-refractivity contribution in [2.45, 2.75) is 19.0 Å². The highest BCUT2D eigenvalue weighted by atomic mass is 19.1. The SMILES string of the molecule is C[C@H]1CN(c2ccc3nc(-c4cc(F)cc(C5CN5)c4)cc(=O)n3c2)CCN1. The molecule has 6 nitrogen and oxygen atoms in total. The molecule has 0 radical (unpaired) electrons. The third kappa shape index (κ3) is 3.27. The Labute approximate surface area is 162 Å². The minimum atomic E-state index is -0.314. The van der Waals surface area contributed by atoms with E-state index in [0.29, 0.717) is 22.9 Å². The van der Waals surface area contributed by atoms with Crippen LogP contribution >= 0.6 is 0 Å². The molecule has 0 spiro atoms. The number of benzene rings is 1. The van der Waals surface area contributed by atoms with E-state index in [1.165, 1.54) is 18.2 Å². The predicted octanol–water partition coefficient (Wildman–Crippen LogP) is 1.94. The standard InChI is InChI=1S/C21H22FN5O/c1-13-11-26(5-4-23-13)17-2-3-20-25-18(9-21(28)27(20)12-17)14-6-15(19-10-24-19)8-16(22)7-14/h2-3,6-9,12-13,19,23-24H,4-5,10-11H2,1H3/t13-,19?/m0/s1. The van der Waals surface area contributed by atoms with Crippen molar-refractivity contribution >= 4 is 11.3 Å². The van der Waals surface area contributed by atoms with Gasteiger partial charge in [0.2, 0.25) is 0 Å². The number of pyridine rings is 1. The fraction of sp³-hybridized carbons (Fsp3) is 0.333. The first-order valence-electron chi connectivity index (χ1n) is 9.63. The first-order chi connectivity index (χ1) is 13.6. The van der Waals surface area contributed by atoms with Crippen LogP contribution < -0.4 is 21.1 Å². The highest BCUT2D eigenvalue weighted by Gasteiger charge is 2.23. The van der Waals surface area contributed by atoms with Crippen molar-refractivity contribution in [2.24, 2.45) is 0 Å². The molecule has 1 unspecified atom stereocenters. The molecule has 144 valence electrons. The first-order valence-corrected chi connectivity index (χ1v) is 9.63. The molecule has 3 aromatic rings. The Morgan fingerprint density at radius 1 is 1.18 bits per heavy atom. The van der Waals surface area contributed by atoms with Crippen LogP contribution in [0, 0.1) is 5.82 Å². The van der Waals surface area contributed by atoms with E-state index in [2.05, 4.69) is 27.4 Å². The molecular weight excluding hydrogens is 357 g/mol. The number of aromatic nitrogens is 2. The number of nitrogens with one attached hydrogen (secondary N) is 2. The lowest BCUT2D eigenvalue weighted by atomic mass is 10.1. The molecule has 0 amide bonds. The number of nitrogens with zero attached hydrogens (tertiary/aromatic N) is 3. The molecule has 2 aliphatic heterocycles. The van der Waals surface area contributed by atoms with Gasteiger partial charge < -0.3 is 15.5 Å². The summed E-state index contributed by atoms with van der Waals surface area (Å²) in [6.45, 7) is 5.72. The monoisotopic (exact) mass is 379 g/mol. The van der Waals surface area contributed by atoms with Crippen molar-refractivity contribution in [1.29, 1.82) is 0 Å². The number of fused-ring (bicyclic) bond motifs is 1. The van der Waals surface area contributed by atoms with Gasteiger partial charge in [0.25, 0.3) is 5.56 Å². The predicted molar refractivity (Wildman–Crippen MR) is 107 cm³/mol. The third-order valence-corrected chi connectivity index (χ3v) is 5.40. The Balaban J connectivity index is 1.54. The van der Waals surface area contributed by atoms with Crippen LogP contribution in [0.3, 0.4) is 0 Å². The Bertz CT molecular complexity index is 1110. The molecule has 0 saturated carbocycles. The maximum atomic E-state index is 14.1. The molecule has 5 rings (SSSR count). The lowest BCUT2D eigenvalue weighted by Gasteiger charge is -2.33. The molecule has 2 aromatic heterocycles. The molecular formula is C21H22FN5O. The molecule has 1 aromatic carbocycles. The minimum absolute atomic E-state index is 0.166. The molecule has 0 aliphatic carbocycles. The second-order valence-electron chi connectivity index (χ2n) is 7.63. The van der Waals surface area contributed by atoms with E-state index >= 15 is 0 Å². The quantitative estimate of drug-likeness (QED) is 0.681. The largest absolute Gasteiger partial charge is 0.368 e. The summed E-state index contributed by atoms with van der Waals surface area (Å²) >= 11 is 0. The summed E-state index contributed by atoms with van der Waals surface area (Å²) in [5.74, 6) is -0.314. The van der Waals surface area contributed by atoms with E-state index in [-0.39, 0.29) is 17.4 Å². The average molecular weight is 379 g/mol. The number of piperazine rings is 1. The van der Waals surface area contributed by atoms with Gasteiger partial charge in [-0.05, 0) is 42.8 Å². The van der Waals surface area contributed by atoms with Crippen LogP contribution in [-0.4, -0.2) is 41.6 Å². The molecule has 2 fully saturated rings. The molecule has 4 heterocycles. The summed E-state index contributed by atoms with van der Waals surface area (Å²) in [7, 11) is 0. The second kappa shape index (κ2) is 6.68. The zero-order valence-electron chi connectivity index (χ0n) is 15.7. The highest BCUT2D eigenvalue weighted by Crippen LogP contribution is 2.27. The van der Waals surface area contributed by atoms with Crippen LogP contribution in [0.25, 0.3) is 16.9 Å². The highest BCUT2D eigenvalue weighted by molar-refractivity contribution is 5.64. The Morgan fingerprint density at radius 3 is 2.82 bits per heavy atom. The molecule has 7 heteroatoms. The summed E-state index contributed by atoms with van der Waals surface area (Å²) < 4.78 is 15.6. The maximum Gasteiger partial charge on any atom is 0.258 e. The van der Waals surface area contributed by atoms with Crippen molar-refractivity contribution in [3.05, 3.63) is 64.3 Å². The number of hydrogen-bond acceptors (Lipinski definition) is 5. The van der Waals surface area contributed by atoms with Gasteiger partial charge in [0.1, 0.15) is 11.5 Å². The zero-order valence-corrected chi connectivity index (χ0v) is 15.7. The van der Waals surface area contributed by atoms with Crippen LogP contribution in [0.1, 0.15) is 18.5 Å². The van der Waals surface area contributed by atoms with Crippen molar-refractivity contribution < 1.29 is 4.39 Å². The van der Waals surface area contributed by atoms with E-state index < -0.39 is 0 Å². The van der Waals surface area contributed by atoms with Gasteiger partial charge in [-0.1, -0.05) is 0 Å². The van der Waals surface area contributed by atoms with Crippen molar-refractivity contribution in [1.82, 2.24) is 20.0 Å². The topological polar surface area (TPSA) is 71.6 Å². The van der Waals surface area contributed by atoms with Crippen LogP contribution in [0.5, 0.6) is 0 Å². The van der Waals surface area contributed by atoms with Crippen LogP contribution in [-0.2, 0) is 0 Å². The second-order valence-corrected chi connectivity index (χ2v) is 7.63. The van der Waals surface area contributed by atoms with E-state index in [0.717, 1.165) is 37.4 Å². The number of anilines is 1. The molecule has 2 N–H and O–H groups in total. The van der Waals surface area contributed by atoms with Gasteiger partial charge in [0.05, 0.1) is 11.4 Å². The minimum Gasteiger partial charge on any atom is -0.368 e. The average Bonchev–Trinajstić information content (AvgIpc) is 3.52. The van der Waals surface area contributed by atoms with Gasteiger partial charge in [-0.3, -0.25) is 9.20 Å². The molecule has 2 saturated heterocycles. The molecule has 28 heavy (non-hydrogen) atoms. The van der Waals surface area contributed by atoms with E-state index in [1.807, 2.05) is 24.4 Å². The molecule has 2 aliphatic rings. The summed E-state index contributed by atoms with van der Waals surface area (Å²) in [6, 6.07) is 10.8. The fourth-order valence-electron chi connectivity index (χ4n) is 3.85. The number of halogens is 1. The Kier molecular flexibility index (Phi) is 4.14. The summed E-state index contributed by atoms with van der Waals surface area (Å²) in [4.78, 5) is 19.7.